The highest BCUT2D eigenvalue weighted by molar-refractivity contribution is 6.05. The molecule has 8 heteroatoms. The molecule has 1 amide bonds. The van der Waals surface area contributed by atoms with Crippen LogP contribution in [0.15, 0.2) is 24.8 Å². The molecule has 8 nitrogen and oxygen atoms in total. The van der Waals surface area contributed by atoms with E-state index in [4.69, 9.17) is 5.11 Å². The molecule has 3 heterocycles. The molecule has 3 rings (SSSR count). The van der Waals surface area contributed by atoms with E-state index in [0.29, 0.717) is 28.9 Å². The van der Waals surface area contributed by atoms with Gasteiger partial charge in [0.25, 0.3) is 5.91 Å². The Morgan fingerprint density at radius 1 is 1.28 bits per heavy atom. The molecule has 0 spiro atoms. The summed E-state index contributed by atoms with van der Waals surface area (Å²) in [5.41, 5.74) is 4.03. The third kappa shape index (κ3) is 3.29. The van der Waals surface area contributed by atoms with Crippen LogP contribution in [0.25, 0.3) is 11.0 Å². The molecule has 0 bridgehead atoms. The molecule has 0 radical (unpaired) electrons. The van der Waals surface area contributed by atoms with Gasteiger partial charge in [0.2, 0.25) is 5.88 Å². The smallest absolute Gasteiger partial charge is 0.255 e. The van der Waals surface area contributed by atoms with Gasteiger partial charge in [0.05, 0.1) is 29.9 Å². The Morgan fingerprint density at radius 3 is 2.84 bits per heavy atom. The summed E-state index contributed by atoms with van der Waals surface area (Å²) in [5, 5.41) is 21.3. The summed E-state index contributed by atoms with van der Waals surface area (Å²) in [4.78, 5) is 24.7. The first-order chi connectivity index (χ1) is 12.0. The fourth-order valence-electron chi connectivity index (χ4n) is 2.63. The van der Waals surface area contributed by atoms with Crippen LogP contribution < -0.4 is 5.32 Å². The van der Waals surface area contributed by atoms with E-state index in [-0.39, 0.29) is 24.9 Å². The molecule has 0 atom stereocenters. The van der Waals surface area contributed by atoms with Crippen LogP contribution in [0, 0.1) is 13.8 Å². The Balaban J connectivity index is 2.07. The van der Waals surface area contributed by atoms with E-state index in [1.54, 1.807) is 19.3 Å². The second kappa shape index (κ2) is 6.86. The summed E-state index contributed by atoms with van der Waals surface area (Å²) in [7, 11) is 0. The van der Waals surface area contributed by atoms with Crippen LogP contribution in [-0.4, -0.2) is 48.8 Å². The minimum Gasteiger partial charge on any atom is -0.493 e. The highest BCUT2D eigenvalue weighted by Gasteiger charge is 2.17. The summed E-state index contributed by atoms with van der Waals surface area (Å²) in [6, 6.07) is 1.95. The lowest BCUT2D eigenvalue weighted by Gasteiger charge is -2.08. The average Bonchev–Trinajstić information content (AvgIpc) is 2.94. The van der Waals surface area contributed by atoms with Gasteiger partial charge in [0.1, 0.15) is 11.8 Å². The van der Waals surface area contributed by atoms with Crippen molar-refractivity contribution in [1.29, 1.82) is 0 Å². The zero-order valence-corrected chi connectivity index (χ0v) is 14.0. The van der Waals surface area contributed by atoms with Gasteiger partial charge in [-0.15, -0.1) is 0 Å². The normalized spacial score (nSPS) is 11.0. The number of rotatable bonds is 5. The number of carbonyl (C=O) groups is 1. The number of nitrogens with zero attached hydrogens (tertiary/aromatic N) is 4. The van der Waals surface area contributed by atoms with E-state index >= 15 is 0 Å². The number of pyridine rings is 1. The molecule has 0 saturated heterocycles. The largest absolute Gasteiger partial charge is 0.493 e. The van der Waals surface area contributed by atoms with E-state index < -0.39 is 0 Å². The van der Waals surface area contributed by atoms with Crippen molar-refractivity contribution in [1.82, 2.24) is 24.8 Å². The Bertz CT molecular complexity index is 935. The Morgan fingerprint density at radius 2 is 2.08 bits per heavy atom. The van der Waals surface area contributed by atoms with Crippen LogP contribution in [0.1, 0.15) is 27.2 Å². The van der Waals surface area contributed by atoms with Crippen LogP contribution >= 0.6 is 0 Å². The van der Waals surface area contributed by atoms with Crippen molar-refractivity contribution < 1.29 is 15.0 Å². The van der Waals surface area contributed by atoms with Gasteiger partial charge < -0.3 is 20.1 Å². The number of fused-ring (bicyclic) bond motifs is 1. The number of aryl methyl sites for hydroxylation is 1. The van der Waals surface area contributed by atoms with Gasteiger partial charge >= 0.3 is 0 Å². The van der Waals surface area contributed by atoms with Gasteiger partial charge in [-0.05, 0) is 25.5 Å². The maximum absolute atomic E-state index is 12.3. The Kier molecular flexibility index (Phi) is 4.62. The van der Waals surface area contributed by atoms with Gasteiger partial charge in [-0.1, -0.05) is 0 Å². The summed E-state index contributed by atoms with van der Waals surface area (Å²) < 4.78 is 1.87. The topological polar surface area (TPSA) is 113 Å². The zero-order chi connectivity index (χ0) is 18.0. The van der Waals surface area contributed by atoms with Crippen molar-refractivity contribution in [2.75, 3.05) is 13.2 Å². The molecule has 0 aliphatic rings. The highest BCUT2D eigenvalue weighted by Crippen LogP contribution is 2.23. The minimum atomic E-state index is -0.295. The Hall–Kier alpha value is -3.00. The number of amides is 1. The second-order valence-corrected chi connectivity index (χ2v) is 5.80. The fraction of sp³-hybridized carbons (Fsp3) is 0.294. The van der Waals surface area contributed by atoms with Crippen molar-refractivity contribution in [2.24, 2.45) is 0 Å². The van der Waals surface area contributed by atoms with Gasteiger partial charge in [0.15, 0.2) is 0 Å². The second-order valence-electron chi connectivity index (χ2n) is 5.80. The summed E-state index contributed by atoms with van der Waals surface area (Å²) in [5.74, 6) is -0.354. The third-order valence-electron chi connectivity index (χ3n) is 3.98. The molecule has 0 aliphatic heterocycles. The number of aliphatic hydroxyl groups is 1. The van der Waals surface area contributed by atoms with Crippen molar-refractivity contribution >= 4 is 16.9 Å². The van der Waals surface area contributed by atoms with Gasteiger partial charge in [-0.3, -0.25) is 9.78 Å². The van der Waals surface area contributed by atoms with Crippen molar-refractivity contribution in [3.05, 3.63) is 47.2 Å². The number of aliphatic hydroxyl groups excluding tert-OH is 1. The molecule has 0 fully saturated rings. The molecular formula is C17H19N5O3. The number of hydrogen-bond acceptors (Lipinski definition) is 6. The summed E-state index contributed by atoms with van der Waals surface area (Å²) in [6.07, 6.45) is 4.72. The minimum absolute atomic E-state index is 0.0586. The molecule has 0 saturated carbocycles. The van der Waals surface area contributed by atoms with Gasteiger partial charge in [-0.25, -0.2) is 9.97 Å². The summed E-state index contributed by atoms with van der Waals surface area (Å²) in [6.45, 7) is 4.09. The molecular weight excluding hydrogens is 322 g/mol. The van der Waals surface area contributed by atoms with E-state index in [2.05, 4.69) is 20.3 Å². The number of hydrogen-bond donors (Lipinski definition) is 3. The van der Waals surface area contributed by atoms with Crippen LogP contribution in [-0.2, 0) is 6.54 Å². The fourth-order valence-corrected chi connectivity index (χ4v) is 2.63. The number of carbonyl (C=O) groups excluding carboxylic acids is 1. The molecule has 3 aromatic heterocycles. The van der Waals surface area contributed by atoms with Crippen LogP contribution in [0.3, 0.4) is 0 Å². The third-order valence-corrected chi connectivity index (χ3v) is 3.98. The first-order valence-electron chi connectivity index (χ1n) is 7.85. The first-order valence-corrected chi connectivity index (χ1v) is 7.85. The number of nitrogens with one attached hydrogen (secondary N) is 1. The van der Waals surface area contributed by atoms with Crippen LogP contribution in [0.5, 0.6) is 5.88 Å². The molecule has 0 unspecified atom stereocenters. The highest BCUT2D eigenvalue weighted by atomic mass is 16.3. The lowest BCUT2D eigenvalue weighted by Crippen LogP contribution is -2.26. The lowest BCUT2D eigenvalue weighted by molar-refractivity contribution is 0.0946. The maximum atomic E-state index is 12.3. The maximum Gasteiger partial charge on any atom is 0.255 e. The summed E-state index contributed by atoms with van der Waals surface area (Å²) >= 11 is 0. The molecule has 25 heavy (non-hydrogen) atoms. The Labute approximate surface area is 144 Å². The van der Waals surface area contributed by atoms with E-state index in [9.17, 15) is 9.90 Å². The predicted molar refractivity (Wildman–Crippen MR) is 91.4 cm³/mol. The molecule has 130 valence electrons. The molecule has 3 aromatic rings. The quantitative estimate of drug-likeness (QED) is 0.636. The zero-order valence-electron chi connectivity index (χ0n) is 14.0. The predicted octanol–water partition coefficient (Wildman–Crippen LogP) is 0.919. The average molecular weight is 341 g/mol. The van der Waals surface area contributed by atoms with E-state index in [0.717, 1.165) is 11.1 Å². The molecule has 3 N–H and O–H groups in total. The molecule has 0 aromatic carbocycles. The van der Waals surface area contributed by atoms with Gasteiger partial charge in [0, 0.05) is 24.5 Å². The SMILES string of the molecule is Cc1cnc2c(C(=O)NCCO)cn(Cc3ncnc(O)c3C)c2c1. The van der Waals surface area contributed by atoms with E-state index in [1.165, 1.54) is 6.33 Å². The first kappa shape index (κ1) is 16.8. The van der Waals surface area contributed by atoms with Crippen molar-refractivity contribution in [2.45, 2.75) is 20.4 Å². The standard InChI is InChI=1S/C17H19N5O3/c1-10-5-14-15(19-6-10)12(17(25)18-3-4-23)7-22(14)8-13-11(2)16(24)21-9-20-13/h5-7,9,23H,3-4,8H2,1-2H3,(H,18,25)(H,20,21,24). The van der Waals surface area contributed by atoms with E-state index in [1.807, 2.05) is 17.6 Å². The van der Waals surface area contributed by atoms with Crippen molar-refractivity contribution in [3.63, 3.8) is 0 Å². The number of aromatic hydroxyl groups is 1. The van der Waals surface area contributed by atoms with Crippen LogP contribution in [0.4, 0.5) is 0 Å². The molecule has 0 aliphatic carbocycles. The number of aromatic nitrogens is 4. The van der Waals surface area contributed by atoms with Gasteiger partial charge in [-0.2, -0.15) is 0 Å². The van der Waals surface area contributed by atoms with Crippen molar-refractivity contribution in [3.8, 4) is 5.88 Å². The lowest BCUT2D eigenvalue weighted by atomic mass is 10.2. The van der Waals surface area contributed by atoms with Crippen LogP contribution in [0.2, 0.25) is 0 Å². The monoisotopic (exact) mass is 341 g/mol.